The third-order valence-electron chi connectivity index (χ3n) is 4.72. The normalized spacial score (nSPS) is 13.3. The van der Waals surface area contributed by atoms with E-state index in [2.05, 4.69) is 5.32 Å². The zero-order chi connectivity index (χ0) is 22.3. The first-order valence-electron chi connectivity index (χ1n) is 9.71. The van der Waals surface area contributed by atoms with Gasteiger partial charge in [-0.25, -0.2) is 8.42 Å². The molecule has 0 aliphatic heterocycles. The first kappa shape index (κ1) is 23.3. The van der Waals surface area contributed by atoms with E-state index < -0.39 is 26.9 Å². The molecule has 162 valence electrons. The maximum atomic E-state index is 12.9. The van der Waals surface area contributed by atoms with E-state index in [4.69, 9.17) is 0 Å². The maximum absolute atomic E-state index is 12.9. The van der Waals surface area contributed by atoms with Crippen molar-refractivity contribution in [3.63, 3.8) is 0 Å². The molecule has 0 unspecified atom stereocenters. The molecule has 0 saturated heterocycles. The molecule has 0 fully saturated rings. The number of carbonyl (C=O) groups is 1. The number of non-ortho nitro benzene ring substituents is 1. The summed E-state index contributed by atoms with van der Waals surface area (Å²) in [5.74, 6) is -0.435. The van der Waals surface area contributed by atoms with Gasteiger partial charge in [0.1, 0.15) is 6.04 Å². The minimum atomic E-state index is -3.86. The van der Waals surface area contributed by atoms with Crippen LogP contribution in [0.3, 0.4) is 0 Å². The fraction of sp³-hybridized carbons (Fsp3) is 0.381. The molecule has 0 spiro atoms. The van der Waals surface area contributed by atoms with Gasteiger partial charge < -0.3 is 5.32 Å². The largest absolute Gasteiger partial charge is 0.352 e. The summed E-state index contributed by atoms with van der Waals surface area (Å²) in [6, 6.07) is 14.0. The SMILES string of the molecule is CC[C@H](C(=O)N[C@@H](C)CCc1ccccc1)N(c1cccc([N+](=O)[O-])c1)S(C)(=O)=O. The fourth-order valence-corrected chi connectivity index (χ4v) is 4.45. The van der Waals surface area contributed by atoms with E-state index in [9.17, 15) is 23.3 Å². The molecule has 1 N–H and O–H groups in total. The Kier molecular flexibility index (Phi) is 7.93. The lowest BCUT2D eigenvalue weighted by Gasteiger charge is -2.31. The Morgan fingerprint density at radius 3 is 2.40 bits per heavy atom. The Morgan fingerprint density at radius 1 is 1.17 bits per heavy atom. The zero-order valence-corrected chi connectivity index (χ0v) is 18.1. The van der Waals surface area contributed by atoms with E-state index in [1.165, 1.54) is 18.2 Å². The molecule has 2 aromatic rings. The number of nitro groups is 1. The average molecular weight is 434 g/mol. The molecule has 0 aromatic heterocycles. The van der Waals surface area contributed by atoms with Gasteiger partial charge in [-0.2, -0.15) is 0 Å². The summed E-state index contributed by atoms with van der Waals surface area (Å²) in [4.78, 5) is 23.4. The van der Waals surface area contributed by atoms with Crippen LogP contribution in [-0.2, 0) is 21.2 Å². The molecule has 1 amide bonds. The molecule has 0 saturated carbocycles. The second-order valence-electron chi connectivity index (χ2n) is 7.19. The number of sulfonamides is 1. The second-order valence-corrected chi connectivity index (χ2v) is 9.05. The first-order chi connectivity index (χ1) is 14.1. The number of anilines is 1. The van der Waals surface area contributed by atoms with Crippen molar-refractivity contribution in [3.8, 4) is 0 Å². The minimum absolute atomic E-state index is 0.0886. The standard InChI is InChI=1S/C21H27N3O5S/c1-4-20(21(25)22-16(2)13-14-17-9-6-5-7-10-17)23(30(3,28)29)18-11-8-12-19(15-18)24(26)27/h5-12,15-16,20H,4,13-14H2,1-3H3,(H,22,25)/t16-,20+/m0/s1. The van der Waals surface area contributed by atoms with E-state index in [0.717, 1.165) is 28.6 Å². The molecule has 9 heteroatoms. The highest BCUT2D eigenvalue weighted by Gasteiger charge is 2.32. The van der Waals surface area contributed by atoms with E-state index in [1.807, 2.05) is 37.3 Å². The summed E-state index contributed by atoms with van der Waals surface area (Å²) in [7, 11) is -3.86. The Balaban J connectivity index is 2.19. The van der Waals surface area contributed by atoms with Crippen LogP contribution in [0.4, 0.5) is 11.4 Å². The van der Waals surface area contributed by atoms with Gasteiger partial charge >= 0.3 is 0 Å². The number of nitrogens with zero attached hydrogens (tertiary/aromatic N) is 2. The zero-order valence-electron chi connectivity index (χ0n) is 17.3. The van der Waals surface area contributed by atoms with Crippen LogP contribution >= 0.6 is 0 Å². The second kappa shape index (κ2) is 10.2. The number of carbonyl (C=O) groups excluding carboxylic acids is 1. The number of hydrogen-bond donors (Lipinski definition) is 1. The van der Waals surface area contributed by atoms with Crippen LogP contribution in [0.2, 0.25) is 0 Å². The summed E-state index contributed by atoms with van der Waals surface area (Å²) in [6.07, 6.45) is 2.68. The van der Waals surface area contributed by atoms with Crippen molar-refractivity contribution in [1.29, 1.82) is 0 Å². The Bertz CT molecular complexity index is 979. The van der Waals surface area contributed by atoms with E-state index in [-0.39, 0.29) is 23.8 Å². The Labute approximate surface area is 177 Å². The summed E-state index contributed by atoms with van der Waals surface area (Å²) in [5.41, 5.74) is 0.998. The van der Waals surface area contributed by atoms with Gasteiger partial charge in [0.25, 0.3) is 5.69 Å². The highest BCUT2D eigenvalue weighted by molar-refractivity contribution is 7.92. The molecule has 2 rings (SSSR count). The van der Waals surface area contributed by atoms with Crippen LogP contribution in [0.5, 0.6) is 0 Å². The monoisotopic (exact) mass is 433 g/mol. The number of benzene rings is 2. The summed E-state index contributed by atoms with van der Waals surface area (Å²) in [6.45, 7) is 3.57. The van der Waals surface area contributed by atoms with Gasteiger partial charge in [-0.3, -0.25) is 19.2 Å². The van der Waals surface area contributed by atoms with Gasteiger partial charge in [0.05, 0.1) is 16.9 Å². The third-order valence-corrected chi connectivity index (χ3v) is 5.90. The number of nitro benzene ring substituents is 1. The lowest BCUT2D eigenvalue weighted by atomic mass is 10.1. The molecule has 30 heavy (non-hydrogen) atoms. The Hall–Kier alpha value is -2.94. The van der Waals surface area contributed by atoms with Gasteiger partial charge in [-0.15, -0.1) is 0 Å². The van der Waals surface area contributed by atoms with Crippen LogP contribution in [-0.4, -0.2) is 37.6 Å². The third kappa shape index (κ3) is 6.28. The number of nitrogens with one attached hydrogen (secondary N) is 1. The molecule has 2 atom stereocenters. The van der Waals surface area contributed by atoms with Crippen LogP contribution in [0.1, 0.15) is 32.3 Å². The number of rotatable bonds is 10. The first-order valence-corrected chi connectivity index (χ1v) is 11.6. The fourth-order valence-electron chi connectivity index (χ4n) is 3.24. The topological polar surface area (TPSA) is 110 Å². The molecule has 0 aliphatic rings. The molecular weight excluding hydrogens is 406 g/mol. The van der Waals surface area contributed by atoms with Gasteiger partial charge in [-0.1, -0.05) is 43.3 Å². The van der Waals surface area contributed by atoms with Gasteiger partial charge in [-0.05, 0) is 37.8 Å². The predicted octanol–water partition coefficient (Wildman–Crippen LogP) is 3.28. The predicted molar refractivity (Wildman–Crippen MR) is 117 cm³/mol. The van der Waals surface area contributed by atoms with Crippen LogP contribution < -0.4 is 9.62 Å². The average Bonchev–Trinajstić information content (AvgIpc) is 2.70. The van der Waals surface area contributed by atoms with Crippen molar-refractivity contribution in [1.82, 2.24) is 5.32 Å². The van der Waals surface area contributed by atoms with Crippen LogP contribution in [0.15, 0.2) is 54.6 Å². The number of amides is 1. The van der Waals surface area contributed by atoms with Crippen molar-refractivity contribution in [2.75, 3.05) is 10.6 Å². The quantitative estimate of drug-likeness (QED) is 0.457. The van der Waals surface area contributed by atoms with Crippen LogP contribution in [0, 0.1) is 10.1 Å². The van der Waals surface area contributed by atoms with Crippen molar-refractivity contribution in [2.24, 2.45) is 0 Å². The molecule has 0 aliphatic carbocycles. The molecule has 0 radical (unpaired) electrons. The smallest absolute Gasteiger partial charge is 0.271 e. The lowest BCUT2D eigenvalue weighted by molar-refractivity contribution is -0.384. The molecule has 0 bridgehead atoms. The van der Waals surface area contributed by atoms with Gasteiger partial charge in [0.2, 0.25) is 15.9 Å². The van der Waals surface area contributed by atoms with Crippen molar-refractivity contribution >= 4 is 27.3 Å². The number of hydrogen-bond acceptors (Lipinski definition) is 5. The molecular formula is C21H27N3O5S. The highest BCUT2D eigenvalue weighted by atomic mass is 32.2. The van der Waals surface area contributed by atoms with E-state index in [0.29, 0.717) is 6.42 Å². The van der Waals surface area contributed by atoms with Gasteiger partial charge in [0.15, 0.2) is 0 Å². The Morgan fingerprint density at radius 2 is 1.83 bits per heavy atom. The van der Waals surface area contributed by atoms with E-state index >= 15 is 0 Å². The summed E-state index contributed by atoms with van der Waals surface area (Å²) >= 11 is 0. The van der Waals surface area contributed by atoms with E-state index in [1.54, 1.807) is 6.92 Å². The summed E-state index contributed by atoms with van der Waals surface area (Å²) in [5, 5.41) is 14.0. The molecule has 8 nitrogen and oxygen atoms in total. The lowest BCUT2D eigenvalue weighted by Crippen LogP contribution is -2.51. The maximum Gasteiger partial charge on any atom is 0.271 e. The van der Waals surface area contributed by atoms with Crippen molar-refractivity contribution in [3.05, 3.63) is 70.3 Å². The van der Waals surface area contributed by atoms with Crippen molar-refractivity contribution < 1.29 is 18.1 Å². The summed E-state index contributed by atoms with van der Waals surface area (Å²) < 4.78 is 25.9. The van der Waals surface area contributed by atoms with Crippen molar-refractivity contribution in [2.45, 2.75) is 45.2 Å². The highest BCUT2D eigenvalue weighted by Crippen LogP contribution is 2.26. The molecule has 2 aromatic carbocycles. The number of aryl methyl sites for hydroxylation is 1. The minimum Gasteiger partial charge on any atom is -0.352 e. The van der Waals surface area contributed by atoms with Gasteiger partial charge in [0, 0.05) is 18.2 Å². The van der Waals surface area contributed by atoms with Crippen LogP contribution in [0.25, 0.3) is 0 Å². The molecule has 0 heterocycles.